The van der Waals surface area contributed by atoms with Crippen LogP contribution in [0.5, 0.6) is 6.01 Å². The summed E-state index contributed by atoms with van der Waals surface area (Å²) in [5.74, 6) is 0. The van der Waals surface area contributed by atoms with E-state index in [-0.39, 0.29) is 18.3 Å². The van der Waals surface area contributed by atoms with Crippen molar-refractivity contribution in [3.05, 3.63) is 59.8 Å². The van der Waals surface area contributed by atoms with Gasteiger partial charge >= 0.3 is 0 Å². The van der Waals surface area contributed by atoms with Crippen LogP contribution in [-0.2, 0) is 9.47 Å². The molecule has 1 N–H and O–H groups in total. The number of nitrogens with zero attached hydrogens (tertiary/aromatic N) is 3. The largest absolute Gasteiger partial charge is 0.456 e. The third kappa shape index (κ3) is 3.44. The number of rotatable bonds is 4. The highest BCUT2D eigenvalue weighted by Gasteiger charge is 2.43. The number of H-pyrrole nitrogens is 1. The van der Waals surface area contributed by atoms with Crippen LogP contribution in [0, 0.1) is 0 Å². The Morgan fingerprint density at radius 1 is 1.03 bits per heavy atom. The van der Waals surface area contributed by atoms with Crippen LogP contribution in [0.15, 0.2) is 54.7 Å². The Labute approximate surface area is 183 Å². The number of fused-ring (bicyclic) bond motifs is 2. The monoisotopic (exact) mass is 434 g/mol. The number of halogens is 1. The van der Waals surface area contributed by atoms with Gasteiger partial charge in [0, 0.05) is 23.9 Å². The van der Waals surface area contributed by atoms with Gasteiger partial charge in [-0.15, -0.1) is 0 Å². The zero-order valence-electron chi connectivity index (χ0n) is 16.5. The van der Waals surface area contributed by atoms with Gasteiger partial charge < -0.3 is 19.2 Å². The Bertz CT molecular complexity index is 1230. The van der Waals surface area contributed by atoms with E-state index >= 15 is 0 Å². The summed E-state index contributed by atoms with van der Waals surface area (Å²) in [5.41, 5.74) is 4.64. The molecule has 5 heterocycles. The van der Waals surface area contributed by atoms with Crippen molar-refractivity contribution in [2.75, 3.05) is 13.2 Å². The van der Waals surface area contributed by atoms with Crippen molar-refractivity contribution in [3.63, 3.8) is 0 Å². The second-order valence-electron chi connectivity index (χ2n) is 7.68. The molecule has 8 heteroatoms. The molecule has 4 aromatic rings. The fourth-order valence-electron chi connectivity index (χ4n) is 4.14. The Kier molecular flexibility index (Phi) is 4.60. The number of aromatic amines is 1. The first-order valence-electron chi connectivity index (χ1n) is 10.2. The van der Waals surface area contributed by atoms with Gasteiger partial charge in [0.25, 0.3) is 6.01 Å². The van der Waals surface area contributed by atoms with Crippen molar-refractivity contribution in [1.82, 2.24) is 19.9 Å². The predicted molar refractivity (Wildman–Crippen MR) is 116 cm³/mol. The summed E-state index contributed by atoms with van der Waals surface area (Å²) in [6.07, 6.45) is 2.56. The quantitative estimate of drug-likeness (QED) is 0.516. The average molecular weight is 435 g/mol. The predicted octanol–water partition coefficient (Wildman–Crippen LogP) is 4.28. The van der Waals surface area contributed by atoms with Gasteiger partial charge in [-0.25, -0.2) is 4.98 Å². The number of imidazole rings is 1. The molecule has 2 aliphatic heterocycles. The highest BCUT2D eigenvalue weighted by Crippen LogP contribution is 2.32. The topological polar surface area (TPSA) is 82.2 Å². The van der Waals surface area contributed by atoms with Crippen molar-refractivity contribution in [1.29, 1.82) is 0 Å². The summed E-state index contributed by atoms with van der Waals surface area (Å²) in [5, 5.41) is 0.514. The molecule has 3 unspecified atom stereocenters. The maximum absolute atomic E-state index is 6.53. The first-order valence-corrected chi connectivity index (χ1v) is 10.6. The molecule has 3 atom stereocenters. The van der Waals surface area contributed by atoms with Gasteiger partial charge in [-0.3, -0.25) is 4.98 Å². The van der Waals surface area contributed by atoms with Crippen LogP contribution in [0.1, 0.15) is 6.42 Å². The normalized spacial score (nSPS) is 22.7. The van der Waals surface area contributed by atoms with Gasteiger partial charge in [0.15, 0.2) is 11.8 Å². The SMILES string of the molecule is Clc1cc2[nH]c(OC3COC4CCOC43)nc2nc1-c1ccc(-c2ccccc2)nc1. The molecule has 7 nitrogen and oxygen atoms in total. The molecular formula is C23H19ClN4O3. The standard InChI is InChI=1S/C23H19ClN4O3/c24-15-10-17-22(28-23(26-17)31-19-12-30-18-8-9-29-21(18)19)27-20(15)14-6-7-16(25-11-14)13-4-2-1-3-5-13/h1-7,10-11,18-19,21H,8-9,12H2,(H,26,27,28). The number of pyridine rings is 2. The van der Waals surface area contributed by atoms with Gasteiger partial charge in [-0.1, -0.05) is 41.9 Å². The summed E-state index contributed by atoms with van der Waals surface area (Å²) in [6.45, 7) is 1.19. The number of aromatic nitrogens is 4. The maximum Gasteiger partial charge on any atom is 0.296 e. The molecule has 6 rings (SSSR count). The highest BCUT2D eigenvalue weighted by atomic mass is 35.5. The van der Waals surface area contributed by atoms with E-state index in [0.717, 1.165) is 23.2 Å². The molecule has 0 saturated carbocycles. The highest BCUT2D eigenvalue weighted by molar-refractivity contribution is 6.33. The molecule has 2 fully saturated rings. The lowest BCUT2D eigenvalue weighted by Gasteiger charge is -2.15. The van der Waals surface area contributed by atoms with E-state index in [0.29, 0.717) is 41.1 Å². The zero-order valence-corrected chi connectivity index (χ0v) is 17.2. The van der Waals surface area contributed by atoms with Crippen molar-refractivity contribution in [3.8, 4) is 28.5 Å². The number of benzene rings is 1. The van der Waals surface area contributed by atoms with E-state index in [1.54, 1.807) is 6.20 Å². The van der Waals surface area contributed by atoms with Crippen LogP contribution < -0.4 is 4.74 Å². The Morgan fingerprint density at radius 2 is 1.94 bits per heavy atom. The molecule has 3 aromatic heterocycles. The van der Waals surface area contributed by atoms with Gasteiger partial charge in [0.1, 0.15) is 6.10 Å². The molecular weight excluding hydrogens is 416 g/mol. The molecule has 31 heavy (non-hydrogen) atoms. The second kappa shape index (κ2) is 7.60. The smallest absolute Gasteiger partial charge is 0.296 e. The van der Waals surface area contributed by atoms with Crippen LogP contribution in [0.4, 0.5) is 0 Å². The molecule has 2 saturated heterocycles. The molecule has 0 radical (unpaired) electrons. The van der Waals surface area contributed by atoms with Crippen LogP contribution in [0.25, 0.3) is 33.7 Å². The molecule has 2 aliphatic rings. The first kappa shape index (κ1) is 18.7. The summed E-state index contributed by atoms with van der Waals surface area (Å²) >= 11 is 6.53. The van der Waals surface area contributed by atoms with E-state index < -0.39 is 0 Å². The van der Waals surface area contributed by atoms with Crippen molar-refractivity contribution < 1.29 is 14.2 Å². The third-order valence-electron chi connectivity index (χ3n) is 5.69. The average Bonchev–Trinajstić information content (AvgIpc) is 3.51. The lowest BCUT2D eigenvalue weighted by molar-refractivity contribution is 0.0273. The number of nitrogens with one attached hydrogen (secondary N) is 1. The van der Waals surface area contributed by atoms with Crippen molar-refractivity contribution >= 4 is 22.8 Å². The van der Waals surface area contributed by atoms with Crippen LogP contribution in [0.3, 0.4) is 0 Å². The third-order valence-corrected chi connectivity index (χ3v) is 5.98. The molecule has 156 valence electrons. The molecule has 1 aromatic carbocycles. The molecule has 0 amide bonds. The van der Waals surface area contributed by atoms with Crippen LogP contribution in [0.2, 0.25) is 5.02 Å². The van der Waals surface area contributed by atoms with E-state index in [1.165, 1.54) is 0 Å². The van der Waals surface area contributed by atoms with Crippen LogP contribution in [-0.4, -0.2) is 51.5 Å². The molecule has 0 bridgehead atoms. The fourth-order valence-corrected chi connectivity index (χ4v) is 4.40. The Morgan fingerprint density at radius 3 is 2.77 bits per heavy atom. The van der Waals surface area contributed by atoms with Gasteiger partial charge in [0.2, 0.25) is 0 Å². The minimum atomic E-state index is -0.183. The van der Waals surface area contributed by atoms with Crippen molar-refractivity contribution in [2.24, 2.45) is 0 Å². The summed E-state index contributed by atoms with van der Waals surface area (Å²) in [6, 6.07) is 16.1. The minimum Gasteiger partial charge on any atom is -0.456 e. The fraction of sp³-hybridized carbons (Fsp3) is 0.261. The Hall–Kier alpha value is -3.00. The van der Waals surface area contributed by atoms with E-state index in [4.69, 9.17) is 25.8 Å². The molecule has 0 aliphatic carbocycles. The van der Waals surface area contributed by atoms with Gasteiger partial charge in [-0.05, 0) is 24.6 Å². The minimum absolute atomic E-state index is 0.0467. The lowest BCUT2D eigenvalue weighted by Crippen LogP contribution is -2.32. The maximum atomic E-state index is 6.53. The van der Waals surface area contributed by atoms with E-state index in [9.17, 15) is 0 Å². The number of ether oxygens (including phenoxy) is 3. The number of hydrogen-bond donors (Lipinski definition) is 1. The summed E-state index contributed by atoms with van der Waals surface area (Å²) in [4.78, 5) is 16.9. The van der Waals surface area contributed by atoms with Gasteiger partial charge in [0.05, 0.1) is 34.6 Å². The lowest BCUT2D eigenvalue weighted by atomic mass is 10.1. The van der Waals surface area contributed by atoms with E-state index in [2.05, 4.69) is 19.9 Å². The van der Waals surface area contributed by atoms with Crippen LogP contribution >= 0.6 is 11.6 Å². The van der Waals surface area contributed by atoms with Gasteiger partial charge in [-0.2, -0.15) is 4.98 Å². The second-order valence-corrected chi connectivity index (χ2v) is 8.09. The summed E-state index contributed by atoms with van der Waals surface area (Å²) in [7, 11) is 0. The van der Waals surface area contributed by atoms with E-state index in [1.807, 2.05) is 48.5 Å². The first-order chi connectivity index (χ1) is 15.2. The zero-order chi connectivity index (χ0) is 20.8. The Balaban J connectivity index is 1.28. The number of hydrogen-bond acceptors (Lipinski definition) is 6. The summed E-state index contributed by atoms with van der Waals surface area (Å²) < 4.78 is 17.5. The molecule has 0 spiro atoms. The van der Waals surface area contributed by atoms with Crippen molar-refractivity contribution in [2.45, 2.75) is 24.7 Å².